The number of aromatic nitrogens is 2. The third-order valence-electron chi connectivity index (χ3n) is 5.23. The van der Waals surface area contributed by atoms with Crippen LogP contribution in [-0.2, 0) is 17.8 Å². The van der Waals surface area contributed by atoms with Crippen LogP contribution in [0.1, 0.15) is 50.1 Å². The molecule has 1 amide bonds. The number of methoxy groups -OCH3 is 1. The number of nitrogens with zero attached hydrogens (tertiary/aromatic N) is 3. The van der Waals surface area contributed by atoms with Gasteiger partial charge in [0.15, 0.2) is 11.5 Å². The van der Waals surface area contributed by atoms with Crippen LogP contribution in [0.4, 0.5) is 0 Å². The van der Waals surface area contributed by atoms with Gasteiger partial charge in [-0.05, 0) is 49.6 Å². The summed E-state index contributed by atoms with van der Waals surface area (Å²) in [5.41, 5.74) is 3.04. The number of aryl methyl sites for hydroxylation is 2. The first-order chi connectivity index (χ1) is 16.0. The molecule has 7 nitrogen and oxygen atoms in total. The van der Waals surface area contributed by atoms with E-state index in [0.717, 1.165) is 29.7 Å². The van der Waals surface area contributed by atoms with E-state index in [9.17, 15) is 4.79 Å². The maximum atomic E-state index is 13.0. The van der Waals surface area contributed by atoms with E-state index in [4.69, 9.17) is 13.9 Å². The minimum absolute atomic E-state index is 0.0530. The van der Waals surface area contributed by atoms with E-state index in [1.807, 2.05) is 54.3 Å². The lowest BCUT2D eigenvalue weighted by Crippen LogP contribution is -2.31. The predicted octanol–water partition coefficient (Wildman–Crippen LogP) is 5.21. The zero-order valence-corrected chi connectivity index (χ0v) is 20.0. The molecule has 3 aromatic rings. The van der Waals surface area contributed by atoms with E-state index < -0.39 is 0 Å². The molecule has 1 aromatic heterocycles. The van der Waals surface area contributed by atoms with Crippen LogP contribution in [-0.4, -0.2) is 41.3 Å². The molecule has 1 heterocycles. The number of hydrogen-bond donors (Lipinski definition) is 0. The Balaban J connectivity index is 1.62. The summed E-state index contributed by atoms with van der Waals surface area (Å²) in [6.45, 7) is 7.98. The summed E-state index contributed by atoms with van der Waals surface area (Å²) in [4.78, 5) is 14.8. The summed E-state index contributed by atoms with van der Waals surface area (Å²) < 4.78 is 17.0. The summed E-state index contributed by atoms with van der Waals surface area (Å²) in [5, 5.41) is 8.24. The van der Waals surface area contributed by atoms with E-state index in [0.29, 0.717) is 50.1 Å². The first kappa shape index (κ1) is 24.3. The molecule has 0 aliphatic carbocycles. The Morgan fingerprint density at radius 1 is 1.03 bits per heavy atom. The van der Waals surface area contributed by atoms with Gasteiger partial charge in [0, 0.05) is 31.5 Å². The molecule has 0 saturated heterocycles. The van der Waals surface area contributed by atoms with E-state index in [1.54, 1.807) is 7.11 Å². The molecule has 2 aromatic carbocycles. The number of carbonyl (C=O) groups excluding carboxylic acids is 1. The van der Waals surface area contributed by atoms with Crippen molar-refractivity contribution in [1.29, 1.82) is 0 Å². The van der Waals surface area contributed by atoms with Crippen molar-refractivity contribution < 1.29 is 18.7 Å². The molecule has 33 heavy (non-hydrogen) atoms. The number of carbonyl (C=O) groups is 1. The van der Waals surface area contributed by atoms with Crippen molar-refractivity contribution >= 4 is 5.91 Å². The molecule has 0 atom stereocenters. The highest BCUT2D eigenvalue weighted by Gasteiger charge is 2.17. The molecule has 3 rings (SSSR count). The lowest BCUT2D eigenvalue weighted by atomic mass is 10.1. The number of ether oxygens (including phenoxy) is 2. The summed E-state index contributed by atoms with van der Waals surface area (Å²) >= 11 is 0. The number of hydrogen-bond acceptors (Lipinski definition) is 6. The predicted molar refractivity (Wildman–Crippen MR) is 127 cm³/mol. The van der Waals surface area contributed by atoms with Gasteiger partial charge in [0.05, 0.1) is 13.7 Å². The minimum Gasteiger partial charge on any atom is -0.493 e. The Bertz CT molecular complexity index is 1030. The highest BCUT2D eigenvalue weighted by atomic mass is 16.5. The van der Waals surface area contributed by atoms with E-state index in [2.05, 4.69) is 24.0 Å². The van der Waals surface area contributed by atoms with E-state index >= 15 is 0 Å². The Morgan fingerprint density at radius 3 is 2.52 bits per heavy atom. The lowest BCUT2D eigenvalue weighted by Gasteiger charge is -2.23. The van der Waals surface area contributed by atoms with Gasteiger partial charge in [-0.25, -0.2) is 0 Å². The van der Waals surface area contributed by atoms with Gasteiger partial charge in [0.2, 0.25) is 17.7 Å². The monoisotopic (exact) mass is 451 g/mol. The minimum atomic E-state index is 0.0530. The first-order valence-corrected chi connectivity index (χ1v) is 11.5. The van der Waals surface area contributed by atoms with Gasteiger partial charge < -0.3 is 18.8 Å². The standard InChI is InChI=1S/C26H33N3O4/c1-5-15-29(18-20-9-12-22(32-16-6-2)23(17-20)31-4)25(30)14-13-24-27-28-26(33-24)21-10-7-19(3)8-11-21/h7-12,17H,5-6,13-16,18H2,1-4H3. The fourth-order valence-corrected chi connectivity index (χ4v) is 3.46. The van der Waals surface area contributed by atoms with Crippen LogP contribution >= 0.6 is 0 Å². The van der Waals surface area contributed by atoms with Crippen molar-refractivity contribution in [3.63, 3.8) is 0 Å². The summed E-state index contributed by atoms with van der Waals surface area (Å²) in [6, 6.07) is 13.7. The molecule has 0 aliphatic heterocycles. The molecular weight excluding hydrogens is 418 g/mol. The van der Waals surface area contributed by atoms with Crippen LogP contribution < -0.4 is 9.47 Å². The third kappa shape index (κ3) is 6.81. The maximum Gasteiger partial charge on any atom is 0.247 e. The SMILES string of the molecule is CCCOc1ccc(CN(CCC)C(=O)CCc2nnc(-c3ccc(C)cc3)o2)cc1OC. The molecule has 0 fully saturated rings. The molecule has 0 saturated carbocycles. The van der Waals surface area contributed by atoms with Crippen LogP contribution in [0, 0.1) is 6.92 Å². The van der Waals surface area contributed by atoms with Crippen molar-refractivity contribution in [3.05, 3.63) is 59.5 Å². The van der Waals surface area contributed by atoms with Gasteiger partial charge in [0.25, 0.3) is 0 Å². The fourth-order valence-electron chi connectivity index (χ4n) is 3.46. The lowest BCUT2D eigenvalue weighted by molar-refractivity contribution is -0.131. The molecule has 0 bridgehead atoms. The first-order valence-electron chi connectivity index (χ1n) is 11.5. The van der Waals surface area contributed by atoms with Crippen molar-refractivity contribution in [2.75, 3.05) is 20.3 Å². The van der Waals surface area contributed by atoms with Gasteiger partial charge in [-0.3, -0.25) is 4.79 Å². The van der Waals surface area contributed by atoms with Crippen LogP contribution in [0.15, 0.2) is 46.9 Å². The van der Waals surface area contributed by atoms with Crippen LogP contribution in [0.2, 0.25) is 0 Å². The van der Waals surface area contributed by atoms with Gasteiger partial charge >= 0.3 is 0 Å². The number of amides is 1. The summed E-state index contributed by atoms with van der Waals surface area (Å²) in [6.07, 6.45) is 2.52. The normalized spacial score (nSPS) is 10.8. The highest BCUT2D eigenvalue weighted by Crippen LogP contribution is 2.29. The molecule has 176 valence electrons. The molecule has 0 aliphatic rings. The Labute approximate surface area is 195 Å². The van der Waals surface area contributed by atoms with Gasteiger partial charge in [-0.1, -0.05) is 37.6 Å². The van der Waals surface area contributed by atoms with E-state index in [1.165, 1.54) is 5.56 Å². The smallest absolute Gasteiger partial charge is 0.247 e. The Hall–Kier alpha value is -3.35. The largest absolute Gasteiger partial charge is 0.493 e. The number of rotatable bonds is 12. The Kier molecular flexibility index (Phi) is 8.87. The summed E-state index contributed by atoms with van der Waals surface area (Å²) in [7, 11) is 1.63. The second-order valence-corrected chi connectivity index (χ2v) is 8.02. The average molecular weight is 452 g/mol. The fraction of sp³-hybridized carbons (Fsp3) is 0.423. The van der Waals surface area contributed by atoms with Crippen LogP contribution in [0.3, 0.4) is 0 Å². The second-order valence-electron chi connectivity index (χ2n) is 8.02. The van der Waals surface area contributed by atoms with Crippen LogP contribution in [0.25, 0.3) is 11.5 Å². The zero-order valence-electron chi connectivity index (χ0n) is 20.0. The molecular formula is C26H33N3O4. The van der Waals surface area contributed by atoms with Crippen molar-refractivity contribution in [2.45, 2.75) is 53.0 Å². The molecule has 0 spiro atoms. The van der Waals surface area contributed by atoms with E-state index in [-0.39, 0.29) is 5.91 Å². The average Bonchev–Trinajstić information content (AvgIpc) is 3.30. The van der Waals surface area contributed by atoms with Gasteiger partial charge in [-0.15, -0.1) is 10.2 Å². The third-order valence-corrected chi connectivity index (χ3v) is 5.23. The molecule has 0 unspecified atom stereocenters. The second kappa shape index (κ2) is 12.0. The van der Waals surface area contributed by atoms with Gasteiger partial charge in [0.1, 0.15) is 0 Å². The molecule has 0 radical (unpaired) electrons. The molecule has 0 N–H and O–H groups in total. The Morgan fingerprint density at radius 2 is 1.82 bits per heavy atom. The van der Waals surface area contributed by atoms with Crippen LogP contribution in [0.5, 0.6) is 11.5 Å². The topological polar surface area (TPSA) is 77.7 Å². The summed E-state index contributed by atoms with van der Waals surface area (Å²) in [5.74, 6) is 2.39. The van der Waals surface area contributed by atoms with Gasteiger partial charge in [-0.2, -0.15) is 0 Å². The molecule has 7 heteroatoms. The van der Waals surface area contributed by atoms with Crippen molar-refractivity contribution in [3.8, 4) is 23.0 Å². The van der Waals surface area contributed by atoms with Crippen molar-refractivity contribution in [1.82, 2.24) is 15.1 Å². The maximum absolute atomic E-state index is 13.0. The zero-order chi connectivity index (χ0) is 23.6. The number of benzene rings is 2. The quantitative estimate of drug-likeness (QED) is 0.376. The highest BCUT2D eigenvalue weighted by molar-refractivity contribution is 5.76. The van der Waals surface area contributed by atoms with Crippen molar-refractivity contribution in [2.24, 2.45) is 0 Å².